The molecule has 1 radical (unpaired) electrons. The van der Waals surface area contributed by atoms with Crippen molar-refractivity contribution < 1.29 is 17.9 Å². The molecular formula is C10H12NO4S. The first-order valence-corrected chi connectivity index (χ1v) is 5.86. The largest absolute Gasteiger partial charge is 0.495 e. The first-order chi connectivity index (χ1) is 7.46. The summed E-state index contributed by atoms with van der Waals surface area (Å²) in [6.45, 7) is 3.23. The van der Waals surface area contributed by atoms with Gasteiger partial charge in [-0.3, -0.25) is 5.73 Å². The van der Waals surface area contributed by atoms with Crippen LogP contribution >= 0.6 is 0 Å². The third-order valence-electron chi connectivity index (χ3n) is 2.01. The smallest absolute Gasteiger partial charge is 0.203 e. The van der Waals surface area contributed by atoms with E-state index in [4.69, 9.17) is 15.2 Å². The molecule has 5 nitrogen and oxygen atoms in total. The van der Waals surface area contributed by atoms with Crippen LogP contribution < -0.4 is 15.2 Å². The Balaban J connectivity index is 3.54. The van der Waals surface area contributed by atoms with Gasteiger partial charge in [-0.1, -0.05) is 6.58 Å². The molecule has 0 atom stereocenters. The summed E-state index contributed by atoms with van der Waals surface area (Å²) in [4.78, 5) is -0.0575. The zero-order chi connectivity index (χ0) is 12.3. The van der Waals surface area contributed by atoms with Crippen LogP contribution in [0.25, 0.3) is 0 Å². The number of nitrogens with one attached hydrogen (secondary N) is 1. The molecule has 87 valence electrons. The van der Waals surface area contributed by atoms with E-state index in [0.29, 0.717) is 0 Å². The highest BCUT2D eigenvalue weighted by atomic mass is 32.2. The van der Waals surface area contributed by atoms with Gasteiger partial charge in [0.05, 0.1) is 19.9 Å². The quantitative estimate of drug-likeness (QED) is 0.802. The Kier molecular flexibility index (Phi) is 3.44. The Bertz CT molecular complexity index is 508. The maximum atomic E-state index is 11.6. The fourth-order valence-corrected chi connectivity index (χ4v) is 2.06. The fraction of sp³-hybridized carbons (Fsp3) is 0.200. The van der Waals surface area contributed by atoms with E-state index in [1.54, 1.807) is 0 Å². The predicted molar refractivity (Wildman–Crippen MR) is 59.7 cm³/mol. The lowest BCUT2D eigenvalue weighted by molar-refractivity contribution is 0.393. The summed E-state index contributed by atoms with van der Waals surface area (Å²) in [7, 11) is -0.913. The Morgan fingerprint density at radius 3 is 2.25 bits per heavy atom. The molecule has 0 aliphatic heterocycles. The second-order valence-electron chi connectivity index (χ2n) is 2.92. The van der Waals surface area contributed by atoms with Gasteiger partial charge in [0, 0.05) is 17.5 Å². The SMILES string of the molecule is C=CS(=O)(=O)c1cc(OC)c([NH])cc1OC. The van der Waals surface area contributed by atoms with Gasteiger partial charge in [-0.2, -0.15) is 0 Å². The summed E-state index contributed by atoms with van der Waals surface area (Å²) < 4.78 is 33.1. The molecule has 6 heteroatoms. The van der Waals surface area contributed by atoms with Crippen molar-refractivity contribution in [1.82, 2.24) is 5.73 Å². The summed E-state index contributed by atoms with van der Waals surface area (Å²) >= 11 is 0. The number of rotatable bonds is 4. The lowest BCUT2D eigenvalue weighted by Gasteiger charge is -2.10. The molecule has 0 aliphatic rings. The minimum absolute atomic E-state index is 0.0575. The third-order valence-corrected chi connectivity index (χ3v) is 3.38. The Labute approximate surface area is 94.4 Å². The van der Waals surface area contributed by atoms with Crippen LogP contribution in [-0.2, 0) is 9.84 Å². The van der Waals surface area contributed by atoms with Gasteiger partial charge in [-0.05, 0) is 0 Å². The number of methoxy groups -OCH3 is 2. The van der Waals surface area contributed by atoms with Crippen LogP contribution in [0.4, 0.5) is 5.69 Å². The fourth-order valence-electron chi connectivity index (χ4n) is 1.18. The summed E-state index contributed by atoms with van der Waals surface area (Å²) in [5.74, 6) is 0.270. The standard InChI is InChI=1S/C10H12NO4S/c1-4-16(12,13)10-6-8(14-2)7(11)5-9(10)15-3/h4-6,11H,1H2,2-3H3. The number of sulfone groups is 1. The van der Waals surface area contributed by atoms with E-state index in [9.17, 15) is 8.42 Å². The van der Waals surface area contributed by atoms with Crippen molar-refractivity contribution in [2.24, 2.45) is 0 Å². The number of hydrogen-bond acceptors (Lipinski definition) is 4. The monoisotopic (exact) mass is 242 g/mol. The second-order valence-corrected chi connectivity index (χ2v) is 4.78. The van der Waals surface area contributed by atoms with E-state index in [-0.39, 0.29) is 22.1 Å². The van der Waals surface area contributed by atoms with Gasteiger partial charge in [0.25, 0.3) is 0 Å². The van der Waals surface area contributed by atoms with Crippen molar-refractivity contribution in [3.63, 3.8) is 0 Å². The summed E-state index contributed by atoms with van der Waals surface area (Å²) in [6.07, 6.45) is 0. The van der Waals surface area contributed by atoms with Crippen molar-refractivity contribution in [1.29, 1.82) is 0 Å². The second kappa shape index (κ2) is 4.44. The maximum Gasteiger partial charge on any atom is 0.203 e. The van der Waals surface area contributed by atoms with Gasteiger partial charge in [-0.15, -0.1) is 0 Å². The summed E-state index contributed by atoms with van der Waals surface area (Å²) in [5.41, 5.74) is 7.61. The summed E-state index contributed by atoms with van der Waals surface area (Å²) in [6, 6.07) is 2.54. The van der Waals surface area contributed by atoms with Crippen molar-refractivity contribution >= 4 is 15.5 Å². The number of benzene rings is 1. The van der Waals surface area contributed by atoms with E-state index < -0.39 is 9.84 Å². The molecule has 1 rings (SSSR count). The van der Waals surface area contributed by atoms with Crippen molar-refractivity contribution in [3.05, 3.63) is 24.1 Å². The van der Waals surface area contributed by atoms with Gasteiger partial charge in [0.1, 0.15) is 16.4 Å². The Morgan fingerprint density at radius 2 is 1.81 bits per heavy atom. The Morgan fingerprint density at radius 1 is 1.25 bits per heavy atom. The van der Waals surface area contributed by atoms with Crippen LogP contribution in [0.3, 0.4) is 0 Å². The molecule has 16 heavy (non-hydrogen) atoms. The van der Waals surface area contributed by atoms with E-state index in [1.165, 1.54) is 26.4 Å². The highest BCUT2D eigenvalue weighted by Gasteiger charge is 2.19. The molecule has 0 fully saturated rings. The molecule has 0 saturated carbocycles. The third kappa shape index (κ3) is 2.11. The topological polar surface area (TPSA) is 76.4 Å². The van der Waals surface area contributed by atoms with Crippen LogP contribution in [0, 0.1) is 0 Å². The van der Waals surface area contributed by atoms with Gasteiger partial charge in [0.2, 0.25) is 9.84 Å². The molecule has 0 aliphatic carbocycles. The van der Waals surface area contributed by atoms with E-state index in [1.807, 2.05) is 0 Å². The molecule has 0 heterocycles. The number of ether oxygens (including phenoxy) is 2. The lowest BCUT2D eigenvalue weighted by atomic mass is 10.3. The first kappa shape index (κ1) is 12.4. The molecule has 1 aromatic rings. The van der Waals surface area contributed by atoms with E-state index >= 15 is 0 Å². The molecular weight excluding hydrogens is 230 g/mol. The minimum Gasteiger partial charge on any atom is -0.495 e. The van der Waals surface area contributed by atoms with E-state index in [0.717, 1.165) is 5.41 Å². The molecule has 1 N–H and O–H groups in total. The van der Waals surface area contributed by atoms with Crippen LogP contribution in [0.5, 0.6) is 11.5 Å². The molecule has 0 spiro atoms. The predicted octanol–water partition coefficient (Wildman–Crippen LogP) is 1.54. The zero-order valence-electron chi connectivity index (χ0n) is 8.98. The van der Waals surface area contributed by atoms with Crippen LogP contribution in [0.1, 0.15) is 0 Å². The summed E-state index contributed by atoms with van der Waals surface area (Å²) in [5, 5.41) is 0.827. The van der Waals surface area contributed by atoms with Crippen molar-refractivity contribution in [2.75, 3.05) is 14.2 Å². The van der Waals surface area contributed by atoms with Gasteiger partial charge < -0.3 is 9.47 Å². The lowest BCUT2D eigenvalue weighted by Crippen LogP contribution is -2.01. The highest BCUT2D eigenvalue weighted by Crippen LogP contribution is 2.35. The van der Waals surface area contributed by atoms with E-state index in [2.05, 4.69) is 6.58 Å². The average Bonchev–Trinajstić information content (AvgIpc) is 2.28. The maximum absolute atomic E-state index is 11.6. The highest BCUT2D eigenvalue weighted by molar-refractivity contribution is 7.94. The number of hydrogen-bond donors (Lipinski definition) is 0. The van der Waals surface area contributed by atoms with Crippen LogP contribution in [0.2, 0.25) is 0 Å². The van der Waals surface area contributed by atoms with Crippen molar-refractivity contribution in [3.8, 4) is 11.5 Å². The molecule has 0 amide bonds. The van der Waals surface area contributed by atoms with Gasteiger partial charge >= 0.3 is 0 Å². The molecule has 0 bridgehead atoms. The zero-order valence-corrected chi connectivity index (χ0v) is 9.80. The van der Waals surface area contributed by atoms with Crippen molar-refractivity contribution in [2.45, 2.75) is 4.90 Å². The first-order valence-electron chi connectivity index (χ1n) is 4.31. The normalized spacial score (nSPS) is 10.9. The van der Waals surface area contributed by atoms with Gasteiger partial charge in [0.15, 0.2) is 0 Å². The Hall–Kier alpha value is -1.69. The molecule has 0 aromatic heterocycles. The molecule has 0 saturated heterocycles. The van der Waals surface area contributed by atoms with Gasteiger partial charge in [-0.25, -0.2) is 8.42 Å². The molecule has 0 unspecified atom stereocenters. The molecule has 1 aromatic carbocycles. The van der Waals surface area contributed by atoms with Crippen LogP contribution in [-0.4, -0.2) is 22.6 Å². The van der Waals surface area contributed by atoms with Crippen LogP contribution in [0.15, 0.2) is 29.0 Å². The minimum atomic E-state index is -3.61. The average molecular weight is 242 g/mol.